The Hall–Kier alpha value is -0.0300. The van der Waals surface area contributed by atoms with E-state index in [1.807, 2.05) is 0 Å². The Bertz CT molecular complexity index is 248. The van der Waals surface area contributed by atoms with Crippen LogP contribution in [0.2, 0.25) is 0 Å². The van der Waals surface area contributed by atoms with Gasteiger partial charge in [-0.25, -0.2) is 0 Å². The van der Waals surface area contributed by atoms with Crippen LogP contribution in [0.5, 0.6) is 0 Å². The lowest BCUT2D eigenvalue weighted by Crippen LogP contribution is -2.17. The van der Waals surface area contributed by atoms with Crippen LogP contribution in [-0.2, 0) is 13.9 Å². The number of carbonyl (C=O) groups excluding carboxylic acids is 1. The van der Waals surface area contributed by atoms with Gasteiger partial charge < -0.3 is 19.6 Å². The molecule has 0 spiro atoms. The van der Waals surface area contributed by atoms with Crippen molar-refractivity contribution in [3.63, 3.8) is 0 Å². The van der Waals surface area contributed by atoms with E-state index in [9.17, 15) is 13.9 Å². The van der Waals surface area contributed by atoms with E-state index in [0.29, 0.717) is 6.92 Å². The Kier molecular flexibility index (Phi) is 3.37. The van der Waals surface area contributed by atoms with Gasteiger partial charge in [-0.15, -0.1) is 0 Å². The van der Waals surface area contributed by atoms with E-state index in [4.69, 9.17) is 19.6 Å². The lowest BCUT2D eigenvalue weighted by Gasteiger charge is -2.15. The number of carbonyl (C=O) groups is 1. The first-order valence-electron chi connectivity index (χ1n) is 2.67. The van der Waals surface area contributed by atoms with Gasteiger partial charge in [0, 0.05) is 0 Å². The van der Waals surface area contributed by atoms with E-state index in [2.05, 4.69) is 0 Å². The molecule has 0 bridgehead atoms. The molecule has 0 aromatic rings. The zero-order valence-electron chi connectivity index (χ0n) is 5.99. The SMILES string of the molecule is CC(=O)C(P(=O)(O)O)P(=O)(O)O. The Morgan fingerprint density at radius 2 is 1.33 bits per heavy atom. The van der Waals surface area contributed by atoms with E-state index in [-0.39, 0.29) is 0 Å². The van der Waals surface area contributed by atoms with Gasteiger partial charge in [-0.05, 0) is 6.92 Å². The van der Waals surface area contributed by atoms with Crippen molar-refractivity contribution in [1.82, 2.24) is 0 Å². The third kappa shape index (κ3) is 3.15. The molecule has 0 aliphatic heterocycles. The van der Waals surface area contributed by atoms with Crippen LogP contribution in [0.1, 0.15) is 6.92 Å². The molecular formula is C3H8O7P2. The van der Waals surface area contributed by atoms with Crippen LogP contribution in [-0.4, -0.2) is 30.8 Å². The summed E-state index contributed by atoms with van der Waals surface area (Å²) in [6.07, 6.45) is 0. The monoisotopic (exact) mass is 218 g/mol. The molecule has 0 saturated heterocycles. The molecule has 7 nitrogen and oxygen atoms in total. The van der Waals surface area contributed by atoms with Crippen LogP contribution in [0, 0.1) is 0 Å². The molecule has 0 radical (unpaired) electrons. The van der Waals surface area contributed by atoms with Crippen molar-refractivity contribution >= 4 is 21.0 Å². The highest BCUT2D eigenvalue weighted by atomic mass is 31.2. The van der Waals surface area contributed by atoms with Crippen LogP contribution in [0.3, 0.4) is 0 Å². The number of hydrogen-bond donors (Lipinski definition) is 4. The molecule has 0 unspecified atom stereocenters. The van der Waals surface area contributed by atoms with Gasteiger partial charge in [0.1, 0.15) is 0 Å². The summed E-state index contributed by atoms with van der Waals surface area (Å²) >= 11 is 0. The quantitative estimate of drug-likeness (QED) is 0.458. The highest BCUT2D eigenvalue weighted by Gasteiger charge is 2.46. The van der Waals surface area contributed by atoms with E-state index < -0.39 is 26.4 Å². The second-order valence-corrected chi connectivity index (χ2v) is 5.96. The maximum absolute atomic E-state index is 10.5. The largest absolute Gasteiger partial charge is 0.348 e. The van der Waals surface area contributed by atoms with Gasteiger partial charge in [0.05, 0.1) is 0 Å². The maximum atomic E-state index is 10.5. The average molecular weight is 218 g/mol. The van der Waals surface area contributed by atoms with Crippen molar-refractivity contribution in [3.05, 3.63) is 0 Å². The van der Waals surface area contributed by atoms with Gasteiger partial charge in [-0.1, -0.05) is 0 Å². The van der Waals surface area contributed by atoms with E-state index in [1.54, 1.807) is 0 Å². The predicted octanol–water partition coefficient (Wildman–Crippen LogP) is -0.743. The van der Waals surface area contributed by atoms with Crippen molar-refractivity contribution in [1.29, 1.82) is 0 Å². The van der Waals surface area contributed by atoms with Gasteiger partial charge in [0.15, 0.2) is 5.78 Å². The molecule has 12 heavy (non-hydrogen) atoms. The summed E-state index contributed by atoms with van der Waals surface area (Å²) in [7, 11) is -10.1. The minimum Gasteiger partial charge on any atom is -0.323 e. The molecule has 72 valence electrons. The molecule has 0 aromatic carbocycles. The minimum absolute atomic E-state index is 0.711. The molecule has 0 rings (SSSR count). The fourth-order valence-electron chi connectivity index (χ4n) is 0.670. The summed E-state index contributed by atoms with van der Waals surface area (Å²) in [6.45, 7) is 0.711. The van der Waals surface area contributed by atoms with Crippen LogP contribution in [0.15, 0.2) is 0 Å². The number of hydrogen-bond acceptors (Lipinski definition) is 3. The lowest BCUT2D eigenvalue weighted by molar-refractivity contribution is -0.115. The van der Waals surface area contributed by atoms with Crippen molar-refractivity contribution < 1.29 is 33.5 Å². The van der Waals surface area contributed by atoms with Crippen LogP contribution < -0.4 is 0 Å². The molecule has 0 aromatic heterocycles. The molecule has 0 saturated carbocycles. The van der Waals surface area contributed by atoms with Crippen molar-refractivity contribution in [2.45, 2.75) is 12.3 Å². The number of Topliss-reactive ketones (excluding diaryl/α,β-unsaturated/α-hetero) is 1. The summed E-state index contributed by atoms with van der Waals surface area (Å²) in [5.74, 6) is -1.23. The van der Waals surface area contributed by atoms with Crippen LogP contribution in [0.4, 0.5) is 0 Å². The third-order valence-corrected chi connectivity index (χ3v) is 4.81. The zero-order chi connectivity index (χ0) is 10.2. The van der Waals surface area contributed by atoms with E-state index in [1.165, 1.54) is 0 Å². The summed E-state index contributed by atoms with van der Waals surface area (Å²) in [4.78, 5) is 44.0. The Balaban J connectivity index is 5.11. The van der Waals surface area contributed by atoms with Crippen molar-refractivity contribution in [2.75, 3.05) is 0 Å². The number of ketones is 1. The first-order chi connectivity index (χ1) is 5.07. The van der Waals surface area contributed by atoms with Crippen molar-refractivity contribution in [3.8, 4) is 0 Å². The summed E-state index contributed by atoms with van der Waals surface area (Å²) in [5.41, 5.74) is 0. The second-order valence-electron chi connectivity index (χ2n) is 2.16. The first-order valence-corrected chi connectivity index (χ1v) is 6.04. The average Bonchev–Trinajstić information content (AvgIpc) is 1.49. The molecule has 0 amide bonds. The molecular weight excluding hydrogens is 210 g/mol. The Labute approximate surface area is 67.7 Å². The van der Waals surface area contributed by atoms with Gasteiger partial charge in [0.25, 0.3) is 0 Å². The maximum Gasteiger partial charge on any atom is 0.348 e. The molecule has 0 atom stereocenters. The summed E-state index contributed by atoms with van der Waals surface area (Å²) in [5, 5.41) is -2.52. The first kappa shape index (κ1) is 12.0. The molecule has 0 heterocycles. The fourth-order valence-corrected chi connectivity index (χ4v) is 3.18. The summed E-state index contributed by atoms with van der Waals surface area (Å²) < 4.78 is 20.8. The minimum atomic E-state index is -5.07. The van der Waals surface area contributed by atoms with E-state index in [0.717, 1.165) is 0 Å². The van der Waals surface area contributed by atoms with Crippen molar-refractivity contribution in [2.24, 2.45) is 0 Å². The van der Waals surface area contributed by atoms with Gasteiger partial charge in [-0.2, -0.15) is 0 Å². The predicted molar refractivity (Wildman–Crippen MR) is 38.6 cm³/mol. The highest BCUT2D eigenvalue weighted by Crippen LogP contribution is 2.59. The molecule has 9 heteroatoms. The Morgan fingerprint density at radius 1 is 1.08 bits per heavy atom. The van der Waals surface area contributed by atoms with Gasteiger partial charge >= 0.3 is 15.2 Å². The third-order valence-electron chi connectivity index (χ3n) is 1.00. The lowest BCUT2D eigenvalue weighted by atomic mass is 10.5. The normalized spacial score (nSPS) is 13.5. The van der Waals surface area contributed by atoms with E-state index >= 15 is 0 Å². The van der Waals surface area contributed by atoms with Crippen LogP contribution >= 0.6 is 15.2 Å². The fraction of sp³-hybridized carbons (Fsp3) is 0.667. The second kappa shape index (κ2) is 3.38. The smallest absolute Gasteiger partial charge is 0.323 e. The molecule has 0 aliphatic rings. The van der Waals surface area contributed by atoms with Gasteiger partial charge in [0.2, 0.25) is 5.40 Å². The topological polar surface area (TPSA) is 132 Å². The number of rotatable bonds is 3. The standard InChI is InChI=1S/C3H8O7P2/c1-2(4)3(11(5,6)7)12(8,9)10/h3H,1H3,(H2,5,6,7)(H2,8,9,10). The highest BCUT2D eigenvalue weighted by molar-refractivity contribution is 7.72. The zero-order valence-corrected chi connectivity index (χ0v) is 7.77. The molecule has 0 aliphatic carbocycles. The van der Waals surface area contributed by atoms with Crippen LogP contribution in [0.25, 0.3) is 0 Å². The molecule has 0 fully saturated rings. The summed E-state index contributed by atoms with van der Waals surface area (Å²) in [6, 6.07) is 0. The molecule has 4 N–H and O–H groups in total. The van der Waals surface area contributed by atoms with Gasteiger partial charge in [-0.3, -0.25) is 13.9 Å². The Morgan fingerprint density at radius 3 is 1.33 bits per heavy atom.